The topological polar surface area (TPSA) is 56.7 Å². The molecule has 1 heterocycles. The van der Waals surface area contributed by atoms with E-state index < -0.39 is 0 Å². The highest BCUT2D eigenvalue weighted by molar-refractivity contribution is 4.88. The van der Waals surface area contributed by atoms with Gasteiger partial charge in [0.2, 0.25) is 0 Å². The van der Waals surface area contributed by atoms with Crippen molar-refractivity contribution in [3.05, 3.63) is 12.2 Å². The van der Waals surface area contributed by atoms with Crippen molar-refractivity contribution in [2.75, 3.05) is 6.54 Å². The van der Waals surface area contributed by atoms with Crippen LogP contribution in [0.25, 0.3) is 0 Å². The minimum Gasteiger partial charge on any atom is -0.330 e. The summed E-state index contributed by atoms with van der Waals surface area (Å²) in [6, 6.07) is 0. The zero-order chi connectivity index (χ0) is 12.0. The molecule has 16 heavy (non-hydrogen) atoms. The van der Waals surface area contributed by atoms with E-state index in [1.807, 2.05) is 6.33 Å². The molecule has 1 rings (SSSR count). The third kappa shape index (κ3) is 3.93. The summed E-state index contributed by atoms with van der Waals surface area (Å²) in [5, 5.41) is 8.17. The van der Waals surface area contributed by atoms with Crippen LogP contribution < -0.4 is 5.73 Å². The minimum atomic E-state index is 0.528. The van der Waals surface area contributed by atoms with Crippen molar-refractivity contribution in [1.82, 2.24) is 14.8 Å². The van der Waals surface area contributed by atoms with Gasteiger partial charge >= 0.3 is 0 Å². The fourth-order valence-corrected chi connectivity index (χ4v) is 2.05. The van der Waals surface area contributed by atoms with Crippen molar-refractivity contribution >= 4 is 0 Å². The van der Waals surface area contributed by atoms with Gasteiger partial charge in [-0.1, -0.05) is 20.8 Å². The molecular formula is C12H24N4. The molecule has 4 nitrogen and oxygen atoms in total. The number of nitrogens with two attached hydrogens (primary N) is 1. The predicted octanol–water partition coefficient (Wildman–Crippen LogP) is 1.85. The van der Waals surface area contributed by atoms with Crippen LogP contribution in [0.5, 0.6) is 0 Å². The lowest BCUT2D eigenvalue weighted by molar-refractivity contribution is 0.402. The van der Waals surface area contributed by atoms with Crippen LogP contribution in [0, 0.1) is 11.8 Å². The SMILES string of the molecule is CCCn1cnnc1CC(CN)CC(C)C. The first-order chi connectivity index (χ1) is 7.67. The van der Waals surface area contributed by atoms with E-state index in [1.54, 1.807) is 0 Å². The molecule has 0 saturated carbocycles. The van der Waals surface area contributed by atoms with E-state index in [9.17, 15) is 0 Å². The highest BCUT2D eigenvalue weighted by atomic mass is 15.3. The number of hydrogen-bond donors (Lipinski definition) is 1. The van der Waals surface area contributed by atoms with E-state index >= 15 is 0 Å². The molecule has 1 atom stereocenters. The standard InChI is InChI=1S/C12H24N4/c1-4-5-16-9-14-15-12(16)7-11(8-13)6-10(2)3/h9-11H,4-8,13H2,1-3H3. The van der Waals surface area contributed by atoms with E-state index in [0.29, 0.717) is 11.8 Å². The molecular weight excluding hydrogens is 200 g/mol. The van der Waals surface area contributed by atoms with Gasteiger partial charge < -0.3 is 10.3 Å². The van der Waals surface area contributed by atoms with Gasteiger partial charge in [-0.3, -0.25) is 0 Å². The molecule has 1 aromatic heterocycles. The molecule has 0 aliphatic rings. The van der Waals surface area contributed by atoms with Crippen LogP contribution in [0.1, 0.15) is 39.4 Å². The Labute approximate surface area is 98.2 Å². The van der Waals surface area contributed by atoms with Crippen LogP contribution in [0.15, 0.2) is 6.33 Å². The van der Waals surface area contributed by atoms with Crippen molar-refractivity contribution in [2.24, 2.45) is 17.6 Å². The van der Waals surface area contributed by atoms with E-state index in [-0.39, 0.29) is 0 Å². The molecule has 0 aromatic carbocycles. The first-order valence-electron chi connectivity index (χ1n) is 6.24. The molecule has 1 unspecified atom stereocenters. The maximum atomic E-state index is 5.80. The summed E-state index contributed by atoms with van der Waals surface area (Å²) in [5.41, 5.74) is 5.80. The summed E-state index contributed by atoms with van der Waals surface area (Å²) in [5.74, 6) is 2.30. The average molecular weight is 224 g/mol. The number of hydrogen-bond acceptors (Lipinski definition) is 3. The van der Waals surface area contributed by atoms with Gasteiger partial charge in [-0.05, 0) is 31.2 Å². The Morgan fingerprint density at radius 2 is 2.19 bits per heavy atom. The number of aromatic nitrogens is 3. The maximum Gasteiger partial charge on any atom is 0.133 e. The van der Waals surface area contributed by atoms with Gasteiger partial charge in [0.25, 0.3) is 0 Å². The molecule has 0 saturated heterocycles. The van der Waals surface area contributed by atoms with Gasteiger partial charge in [0.05, 0.1) is 0 Å². The van der Waals surface area contributed by atoms with E-state index in [0.717, 1.165) is 38.2 Å². The highest BCUT2D eigenvalue weighted by Gasteiger charge is 2.13. The molecule has 2 N–H and O–H groups in total. The van der Waals surface area contributed by atoms with Crippen molar-refractivity contribution in [3.8, 4) is 0 Å². The molecule has 1 aromatic rings. The Balaban J connectivity index is 2.58. The summed E-state index contributed by atoms with van der Waals surface area (Å²) >= 11 is 0. The van der Waals surface area contributed by atoms with Crippen LogP contribution >= 0.6 is 0 Å². The summed E-state index contributed by atoms with van der Waals surface area (Å²) in [6.45, 7) is 8.37. The van der Waals surface area contributed by atoms with E-state index in [4.69, 9.17) is 5.73 Å². The summed E-state index contributed by atoms with van der Waals surface area (Å²) in [6.07, 6.45) is 5.05. The molecule has 92 valence electrons. The van der Waals surface area contributed by atoms with Crippen LogP contribution in [0.3, 0.4) is 0 Å². The van der Waals surface area contributed by atoms with Crippen molar-refractivity contribution < 1.29 is 0 Å². The summed E-state index contributed by atoms with van der Waals surface area (Å²) < 4.78 is 2.14. The molecule has 0 bridgehead atoms. The number of nitrogens with zero attached hydrogens (tertiary/aromatic N) is 3. The summed E-state index contributed by atoms with van der Waals surface area (Å²) in [4.78, 5) is 0. The number of aryl methyl sites for hydroxylation is 1. The number of rotatable bonds is 7. The minimum absolute atomic E-state index is 0.528. The van der Waals surface area contributed by atoms with Gasteiger partial charge in [-0.25, -0.2) is 0 Å². The Kier molecular flexibility index (Phi) is 5.46. The smallest absolute Gasteiger partial charge is 0.133 e. The van der Waals surface area contributed by atoms with Crippen molar-refractivity contribution in [1.29, 1.82) is 0 Å². The predicted molar refractivity (Wildman–Crippen MR) is 66.0 cm³/mol. The van der Waals surface area contributed by atoms with Crippen molar-refractivity contribution in [2.45, 2.75) is 46.6 Å². The van der Waals surface area contributed by atoms with Crippen LogP contribution in [0.4, 0.5) is 0 Å². The third-order valence-electron chi connectivity index (χ3n) is 2.77. The van der Waals surface area contributed by atoms with Crippen molar-refractivity contribution in [3.63, 3.8) is 0 Å². The second kappa shape index (κ2) is 6.63. The molecule has 0 fully saturated rings. The lowest BCUT2D eigenvalue weighted by Gasteiger charge is -2.16. The normalized spacial score (nSPS) is 13.3. The zero-order valence-corrected chi connectivity index (χ0v) is 10.7. The Morgan fingerprint density at radius 1 is 1.44 bits per heavy atom. The molecule has 0 aliphatic carbocycles. The Bertz CT molecular complexity index is 293. The Morgan fingerprint density at radius 3 is 2.75 bits per heavy atom. The second-order valence-corrected chi connectivity index (χ2v) is 4.88. The second-order valence-electron chi connectivity index (χ2n) is 4.88. The monoisotopic (exact) mass is 224 g/mol. The Hall–Kier alpha value is -0.900. The fourth-order valence-electron chi connectivity index (χ4n) is 2.05. The van der Waals surface area contributed by atoms with Gasteiger partial charge in [0.1, 0.15) is 12.2 Å². The lowest BCUT2D eigenvalue weighted by Crippen LogP contribution is -2.20. The van der Waals surface area contributed by atoms with Gasteiger partial charge in [-0.2, -0.15) is 0 Å². The molecule has 0 aliphatic heterocycles. The molecule has 0 amide bonds. The van der Waals surface area contributed by atoms with Crippen LogP contribution in [-0.4, -0.2) is 21.3 Å². The maximum absolute atomic E-state index is 5.80. The summed E-state index contributed by atoms with van der Waals surface area (Å²) in [7, 11) is 0. The first kappa shape index (κ1) is 13.2. The fraction of sp³-hybridized carbons (Fsp3) is 0.833. The van der Waals surface area contributed by atoms with Gasteiger partial charge in [0.15, 0.2) is 0 Å². The molecule has 0 spiro atoms. The van der Waals surface area contributed by atoms with Crippen LogP contribution in [-0.2, 0) is 13.0 Å². The van der Waals surface area contributed by atoms with Crippen LogP contribution in [0.2, 0.25) is 0 Å². The van der Waals surface area contributed by atoms with Gasteiger partial charge in [-0.15, -0.1) is 10.2 Å². The largest absolute Gasteiger partial charge is 0.330 e. The molecule has 4 heteroatoms. The lowest BCUT2D eigenvalue weighted by atomic mass is 9.94. The zero-order valence-electron chi connectivity index (χ0n) is 10.7. The third-order valence-corrected chi connectivity index (χ3v) is 2.77. The highest BCUT2D eigenvalue weighted by Crippen LogP contribution is 2.15. The average Bonchev–Trinajstić information content (AvgIpc) is 2.65. The van der Waals surface area contributed by atoms with Gasteiger partial charge in [0, 0.05) is 13.0 Å². The van der Waals surface area contributed by atoms with E-state index in [2.05, 4.69) is 35.5 Å². The van der Waals surface area contributed by atoms with E-state index in [1.165, 1.54) is 0 Å². The first-order valence-corrected chi connectivity index (χ1v) is 6.24. The molecule has 0 radical (unpaired) electrons. The quantitative estimate of drug-likeness (QED) is 0.769.